The molecule has 2 N–H and O–H groups in total. The van der Waals surface area contributed by atoms with E-state index in [1.165, 1.54) is 0 Å². The molecule has 0 spiro atoms. The molecule has 1 heterocycles. The summed E-state index contributed by atoms with van der Waals surface area (Å²) in [6, 6.07) is 7.27. The third-order valence-electron chi connectivity index (χ3n) is 4.51. The first kappa shape index (κ1) is 16.9. The summed E-state index contributed by atoms with van der Waals surface area (Å²) in [6.45, 7) is 1.87. The Morgan fingerprint density at radius 2 is 2.12 bits per heavy atom. The molecule has 6 nitrogen and oxygen atoms in total. The van der Waals surface area contributed by atoms with Gasteiger partial charge in [0.25, 0.3) is 5.91 Å². The van der Waals surface area contributed by atoms with Gasteiger partial charge in [0.15, 0.2) is 0 Å². The molecule has 128 valence electrons. The van der Waals surface area contributed by atoms with Crippen LogP contribution in [-0.2, 0) is 0 Å². The van der Waals surface area contributed by atoms with Crippen LogP contribution in [0.4, 0.5) is 0 Å². The fourth-order valence-corrected chi connectivity index (χ4v) is 3.40. The van der Waals surface area contributed by atoms with Crippen LogP contribution in [0.5, 0.6) is 0 Å². The second kappa shape index (κ2) is 7.32. The predicted molar refractivity (Wildman–Crippen MR) is 91.4 cm³/mol. The lowest BCUT2D eigenvalue weighted by atomic mass is 9.85. The Morgan fingerprint density at radius 3 is 2.88 bits per heavy atom. The summed E-state index contributed by atoms with van der Waals surface area (Å²) in [4.78, 5) is 16.8. The highest BCUT2D eigenvalue weighted by Crippen LogP contribution is 2.24. The molecule has 1 saturated carbocycles. The summed E-state index contributed by atoms with van der Waals surface area (Å²) in [7, 11) is 0. The van der Waals surface area contributed by atoms with E-state index in [4.69, 9.17) is 11.6 Å². The van der Waals surface area contributed by atoms with E-state index >= 15 is 0 Å². The lowest BCUT2D eigenvalue weighted by Gasteiger charge is -2.30. The quantitative estimate of drug-likeness (QED) is 0.889. The van der Waals surface area contributed by atoms with Crippen LogP contribution in [-0.4, -0.2) is 38.4 Å². The van der Waals surface area contributed by atoms with Crippen molar-refractivity contribution in [3.8, 4) is 5.69 Å². The normalized spacial score (nSPS) is 20.8. The minimum absolute atomic E-state index is 0.0242. The fraction of sp³-hybridized carbons (Fsp3) is 0.471. The Morgan fingerprint density at radius 1 is 1.38 bits per heavy atom. The number of benzene rings is 1. The van der Waals surface area contributed by atoms with Crippen molar-refractivity contribution >= 4 is 17.5 Å². The molecule has 2 atom stereocenters. The lowest BCUT2D eigenvalue weighted by Crippen LogP contribution is -2.43. The highest BCUT2D eigenvalue weighted by molar-refractivity contribution is 6.32. The van der Waals surface area contributed by atoms with Crippen LogP contribution in [0, 0.1) is 12.8 Å². The Kier molecular flexibility index (Phi) is 5.16. The van der Waals surface area contributed by atoms with Gasteiger partial charge in [0.05, 0.1) is 10.7 Å². The van der Waals surface area contributed by atoms with Gasteiger partial charge in [-0.3, -0.25) is 4.79 Å². The number of aliphatic hydroxyl groups is 1. The highest BCUT2D eigenvalue weighted by atomic mass is 35.5. The van der Waals surface area contributed by atoms with E-state index in [0.717, 1.165) is 25.7 Å². The van der Waals surface area contributed by atoms with E-state index in [1.54, 1.807) is 17.7 Å². The van der Waals surface area contributed by atoms with Crippen molar-refractivity contribution in [2.45, 2.75) is 38.6 Å². The first-order valence-corrected chi connectivity index (χ1v) is 8.58. The van der Waals surface area contributed by atoms with E-state index in [9.17, 15) is 9.90 Å². The van der Waals surface area contributed by atoms with Gasteiger partial charge >= 0.3 is 0 Å². The number of carbonyl (C=O) groups excluding carboxylic acids is 1. The number of aliphatic hydroxyl groups excluding tert-OH is 1. The summed E-state index contributed by atoms with van der Waals surface area (Å²) >= 11 is 6.20. The summed E-state index contributed by atoms with van der Waals surface area (Å²) in [5, 5.41) is 17.3. The molecule has 1 aromatic heterocycles. The van der Waals surface area contributed by atoms with E-state index in [1.807, 2.05) is 18.2 Å². The molecule has 2 aromatic rings. The minimum atomic E-state index is -0.311. The van der Waals surface area contributed by atoms with Gasteiger partial charge in [0, 0.05) is 18.6 Å². The van der Waals surface area contributed by atoms with Crippen LogP contribution in [0.3, 0.4) is 0 Å². The standard InChI is InChI=1S/C17H21ClN4O2/c1-11-19-16(21-22(11)15-9-5-3-7-13(15)18)17(24)20-14-8-4-2-6-12(14)10-23/h3,5,7,9,12,14,23H,2,4,6,8,10H2,1H3,(H,20,24). The number of para-hydroxylation sites is 1. The van der Waals surface area contributed by atoms with Crippen molar-refractivity contribution in [2.24, 2.45) is 5.92 Å². The van der Waals surface area contributed by atoms with Crippen LogP contribution >= 0.6 is 11.6 Å². The zero-order valence-electron chi connectivity index (χ0n) is 13.6. The number of carbonyl (C=O) groups is 1. The number of hydrogen-bond donors (Lipinski definition) is 2. The third-order valence-corrected chi connectivity index (χ3v) is 4.83. The van der Waals surface area contributed by atoms with Crippen molar-refractivity contribution in [1.82, 2.24) is 20.1 Å². The maximum absolute atomic E-state index is 12.5. The number of amides is 1. The molecule has 2 unspecified atom stereocenters. The van der Waals surface area contributed by atoms with E-state index < -0.39 is 0 Å². The summed E-state index contributed by atoms with van der Waals surface area (Å²) in [5.41, 5.74) is 0.689. The Bertz CT molecular complexity index is 731. The molecule has 1 aliphatic carbocycles. The van der Waals surface area contributed by atoms with Crippen molar-refractivity contribution in [3.63, 3.8) is 0 Å². The maximum atomic E-state index is 12.5. The van der Waals surface area contributed by atoms with Gasteiger partial charge in [-0.25, -0.2) is 9.67 Å². The number of halogens is 1. The molecule has 1 amide bonds. The number of nitrogens with one attached hydrogen (secondary N) is 1. The zero-order valence-corrected chi connectivity index (χ0v) is 14.3. The Balaban J connectivity index is 1.79. The Hall–Kier alpha value is -1.92. The first-order valence-electron chi connectivity index (χ1n) is 8.20. The number of aromatic nitrogens is 3. The van der Waals surface area contributed by atoms with Crippen LogP contribution in [0.15, 0.2) is 24.3 Å². The summed E-state index contributed by atoms with van der Waals surface area (Å²) in [5.74, 6) is 0.508. The molecule has 1 aliphatic rings. The average molecular weight is 349 g/mol. The van der Waals surface area contributed by atoms with Gasteiger partial charge in [0.2, 0.25) is 5.82 Å². The van der Waals surface area contributed by atoms with Crippen molar-refractivity contribution < 1.29 is 9.90 Å². The number of rotatable bonds is 4. The number of nitrogens with zero attached hydrogens (tertiary/aromatic N) is 3. The van der Waals surface area contributed by atoms with Gasteiger partial charge in [-0.05, 0) is 31.9 Å². The van der Waals surface area contributed by atoms with Crippen molar-refractivity contribution in [3.05, 3.63) is 40.9 Å². The van der Waals surface area contributed by atoms with Gasteiger partial charge in [-0.2, -0.15) is 0 Å². The molecule has 3 rings (SSSR count). The molecular weight excluding hydrogens is 328 g/mol. The van der Waals surface area contributed by atoms with Crippen LogP contribution < -0.4 is 5.32 Å². The SMILES string of the molecule is Cc1nc(C(=O)NC2CCCCC2CO)nn1-c1ccccc1Cl. The molecule has 0 aliphatic heterocycles. The number of aryl methyl sites for hydroxylation is 1. The first-order chi connectivity index (χ1) is 11.6. The van der Waals surface area contributed by atoms with Crippen molar-refractivity contribution in [2.75, 3.05) is 6.61 Å². The molecule has 0 bridgehead atoms. The molecule has 0 saturated heterocycles. The summed E-state index contributed by atoms with van der Waals surface area (Å²) in [6.07, 6.45) is 3.96. The fourth-order valence-electron chi connectivity index (χ4n) is 3.19. The van der Waals surface area contributed by atoms with E-state index in [0.29, 0.717) is 16.5 Å². The number of hydrogen-bond acceptors (Lipinski definition) is 4. The molecule has 7 heteroatoms. The smallest absolute Gasteiger partial charge is 0.291 e. The van der Waals surface area contributed by atoms with Crippen LogP contribution in [0.1, 0.15) is 42.1 Å². The third kappa shape index (κ3) is 3.44. The Labute approximate surface area is 145 Å². The topological polar surface area (TPSA) is 80.0 Å². The molecule has 1 fully saturated rings. The molecule has 0 radical (unpaired) electrons. The molecular formula is C17H21ClN4O2. The lowest BCUT2D eigenvalue weighted by molar-refractivity contribution is 0.0862. The molecule has 24 heavy (non-hydrogen) atoms. The van der Waals surface area contributed by atoms with E-state index in [-0.39, 0.29) is 30.3 Å². The summed E-state index contributed by atoms with van der Waals surface area (Å²) < 4.78 is 1.57. The second-order valence-electron chi connectivity index (χ2n) is 6.15. The minimum Gasteiger partial charge on any atom is -0.396 e. The molecule has 1 aromatic carbocycles. The van der Waals surface area contributed by atoms with Crippen molar-refractivity contribution in [1.29, 1.82) is 0 Å². The van der Waals surface area contributed by atoms with E-state index in [2.05, 4.69) is 15.4 Å². The van der Waals surface area contributed by atoms with Gasteiger partial charge in [-0.1, -0.05) is 36.6 Å². The van der Waals surface area contributed by atoms with Gasteiger partial charge in [-0.15, -0.1) is 5.10 Å². The van der Waals surface area contributed by atoms with Crippen LogP contribution in [0.25, 0.3) is 5.69 Å². The highest BCUT2D eigenvalue weighted by Gasteiger charge is 2.27. The van der Waals surface area contributed by atoms with Crippen LogP contribution in [0.2, 0.25) is 5.02 Å². The second-order valence-corrected chi connectivity index (χ2v) is 6.56. The van der Waals surface area contributed by atoms with Gasteiger partial charge in [0.1, 0.15) is 5.82 Å². The zero-order chi connectivity index (χ0) is 17.1. The monoisotopic (exact) mass is 348 g/mol. The maximum Gasteiger partial charge on any atom is 0.291 e. The average Bonchev–Trinajstić information content (AvgIpc) is 2.97. The largest absolute Gasteiger partial charge is 0.396 e. The van der Waals surface area contributed by atoms with Gasteiger partial charge < -0.3 is 10.4 Å². The predicted octanol–water partition coefficient (Wildman–Crippen LogP) is 2.51.